The maximum atomic E-state index is 11.1. The number of carbonyl (C=O) groups excluding carboxylic acids is 2. The van der Waals surface area contributed by atoms with Crippen molar-refractivity contribution in [3.8, 4) is 5.75 Å². The van der Waals surface area contributed by atoms with Gasteiger partial charge in [-0.15, -0.1) is 0 Å². The third-order valence-electron chi connectivity index (χ3n) is 2.02. The minimum absolute atomic E-state index is 0.0224. The van der Waals surface area contributed by atoms with E-state index in [-0.39, 0.29) is 17.1 Å². The number of phenols is 1. The highest BCUT2D eigenvalue weighted by atomic mass is 35.5. The molecule has 14 heavy (non-hydrogen) atoms. The Balaban J connectivity index is 3.41. The number of Topliss-reactive ketones (excluding diaryl/α,β-unsaturated/α-hetero) is 1. The lowest BCUT2D eigenvalue weighted by Gasteiger charge is -2.06. The molecule has 3 nitrogen and oxygen atoms in total. The molecule has 0 atom stereocenters. The van der Waals surface area contributed by atoms with Crippen molar-refractivity contribution in [2.45, 2.75) is 13.8 Å². The summed E-state index contributed by atoms with van der Waals surface area (Å²) < 4.78 is 0. The summed E-state index contributed by atoms with van der Waals surface area (Å²) in [7, 11) is 0. The van der Waals surface area contributed by atoms with Gasteiger partial charge in [0.2, 0.25) is 0 Å². The van der Waals surface area contributed by atoms with E-state index < -0.39 is 5.24 Å². The van der Waals surface area contributed by atoms with E-state index >= 15 is 0 Å². The Morgan fingerprint density at radius 2 is 1.79 bits per heavy atom. The van der Waals surface area contributed by atoms with E-state index in [1.807, 2.05) is 0 Å². The summed E-state index contributed by atoms with van der Waals surface area (Å²) in [6.45, 7) is 2.96. The molecule has 0 aliphatic rings. The van der Waals surface area contributed by atoms with Gasteiger partial charge in [0.05, 0.1) is 5.56 Å². The Hall–Kier alpha value is -1.35. The minimum Gasteiger partial charge on any atom is -0.507 e. The van der Waals surface area contributed by atoms with Gasteiger partial charge in [0, 0.05) is 11.1 Å². The lowest BCUT2D eigenvalue weighted by atomic mass is 10.0. The molecule has 74 valence electrons. The van der Waals surface area contributed by atoms with Crippen molar-refractivity contribution in [1.82, 2.24) is 0 Å². The predicted molar refractivity (Wildman–Crippen MR) is 53.0 cm³/mol. The van der Waals surface area contributed by atoms with Crippen molar-refractivity contribution in [3.63, 3.8) is 0 Å². The molecular weight excluding hydrogens is 204 g/mol. The molecule has 0 unspecified atom stereocenters. The van der Waals surface area contributed by atoms with Crippen LogP contribution >= 0.6 is 11.6 Å². The highest BCUT2D eigenvalue weighted by molar-refractivity contribution is 6.68. The molecule has 0 amide bonds. The maximum Gasteiger partial charge on any atom is 0.256 e. The Morgan fingerprint density at radius 3 is 2.21 bits per heavy atom. The number of carbonyl (C=O) groups is 2. The third kappa shape index (κ3) is 1.77. The van der Waals surface area contributed by atoms with Crippen LogP contribution in [0.2, 0.25) is 0 Å². The summed E-state index contributed by atoms with van der Waals surface area (Å²) in [4.78, 5) is 21.9. The average molecular weight is 213 g/mol. The number of rotatable bonds is 2. The second-order valence-corrected chi connectivity index (χ2v) is 3.31. The van der Waals surface area contributed by atoms with Crippen LogP contribution in [0.3, 0.4) is 0 Å². The summed E-state index contributed by atoms with van der Waals surface area (Å²) in [6, 6.07) is 2.82. The molecule has 4 heteroatoms. The molecule has 0 spiro atoms. The molecule has 1 rings (SSSR count). The Morgan fingerprint density at radius 1 is 1.29 bits per heavy atom. The van der Waals surface area contributed by atoms with E-state index in [0.29, 0.717) is 11.1 Å². The smallest absolute Gasteiger partial charge is 0.256 e. The van der Waals surface area contributed by atoms with Crippen LogP contribution in [-0.4, -0.2) is 16.1 Å². The first kappa shape index (κ1) is 10.7. The molecule has 0 saturated carbocycles. The number of aromatic hydroxyl groups is 1. The first-order valence-corrected chi connectivity index (χ1v) is 4.36. The van der Waals surface area contributed by atoms with Gasteiger partial charge in [0.25, 0.3) is 5.24 Å². The van der Waals surface area contributed by atoms with Crippen LogP contribution in [0.1, 0.15) is 33.2 Å². The fourth-order valence-corrected chi connectivity index (χ4v) is 1.39. The summed E-state index contributed by atoms with van der Waals surface area (Å²) in [6.07, 6.45) is 0. The average Bonchev–Trinajstić information content (AvgIpc) is 2.08. The van der Waals surface area contributed by atoms with Crippen LogP contribution in [-0.2, 0) is 0 Å². The number of hydrogen-bond acceptors (Lipinski definition) is 3. The number of benzene rings is 1. The number of ketones is 1. The first-order valence-electron chi connectivity index (χ1n) is 3.98. The van der Waals surface area contributed by atoms with Crippen molar-refractivity contribution in [2.75, 3.05) is 0 Å². The van der Waals surface area contributed by atoms with Gasteiger partial charge in [0.15, 0.2) is 5.78 Å². The molecule has 0 bridgehead atoms. The summed E-state index contributed by atoms with van der Waals surface area (Å²) in [5.41, 5.74) is 0.794. The summed E-state index contributed by atoms with van der Waals surface area (Å²) in [5.74, 6) is -0.385. The minimum atomic E-state index is -0.735. The largest absolute Gasteiger partial charge is 0.507 e. The van der Waals surface area contributed by atoms with Gasteiger partial charge in [-0.2, -0.15) is 0 Å². The molecule has 1 N–H and O–H groups in total. The number of phenolic OH excluding ortho intramolecular Hbond substituents is 1. The molecule has 0 aliphatic carbocycles. The van der Waals surface area contributed by atoms with Crippen molar-refractivity contribution >= 4 is 22.6 Å². The Kier molecular flexibility index (Phi) is 2.91. The molecular formula is C10H9ClO3. The number of hydrogen-bond donors (Lipinski definition) is 1. The first-order chi connectivity index (χ1) is 6.45. The van der Waals surface area contributed by atoms with Gasteiger partial charge >= 0.3 is 0 Å². The van der Waals surface area contributed by atoms with E-state index in [4.69, 9.17) is 11.6 Å². The fraction of sp³-hybridized carbons (Fsp3) is 0.200. The molecule has 0 aliphatic heterocycles. The zero-order valence-corrected chi connectivity index (χ0v) is 8.55. The zero-order valence-electron chi connectivity index (χ0n) is 7.80. The lowest BCUT2D eigenvalue weighted by molar-refractivity contribution is 0.101. The predicted octanol–water partition coefficient (Wildman–Crippen LogP) is 2.28. The van der Waals surface area contributed by atoms with Crippen molar-refractivity contribution in [3.05, 3.63) is 28.8 Å². The molecule has 1 aromatic carbocycles. The van der Waals surface area contributed by atoms with E-state index in [2.05, 4.69) is 0 Å². The van der Waals surface area contributed by atoms with Gasteiger partial charge in [-0.3, -0.25) is 9.59 Å². The molecule has 0 fully saturated rings. The molecule has 0 radical (unpaired) electrons. The highest BCUT2D eigenvalue weighted by Gasteiger charge is 2.14. The van der Waals surface area contributed by atoms with Gasteiger partial charge < -0.3 is 5.11 Å². The maximum absolute atomic E-state index is 11.1. The topological polar surface area (TPSA) is 54.4 Å². The van der Waals surface area contributed by atoms with E-state index in [0.717, 1.165) is 0 Å². The van der Waals surface area contributed by atoms with Crippen LogP contribution in [0.15, 0.2) is 12.1 Å². The van der Waals surface area contributed by atoms with Crippen molar-refractivity contribution < 1.29 is 14.7 Å². The molecule has 0 saturated heterocycles. The molecule has 1 aromatic rings. The van der Waals surface area contributed by atoms with Crippen LogP contribution in [0.4, 0.5) is 0 Å². The third-order valence-corrected chi connectivity index (χ3v) is 2.23. The summed E-state index contributed by atoms with van der Waals surface area (Å²) >= 11 is 5.23. The standard InChI is InChI=1S/C10H9ClO3/c1-5-7(6(2)12)3-4-8(9(5)13)10(11)14/h3-4,13H,1-2H3. The van der Waals surface area contributed by atoms with Gasteiger partial charge in [-0.1, -0.05) is 6.07 Å². The van der Waals surface area contributed by atoms with Crippen molar-refractivity contribution in [1.29, 1.82) is 0 Å². The molecule has 0 heterocycles. The monoisotopic (exact) mass is 212 g/mol. The quantitative estimate of drug-likeness (QED) is 0.605. The normalized spacial score (nSPS) is 9.93. The van der Waals surface area contributed by atoms with Gasteiger partial charge in [-0.05, 0) is 31.5 Å². The van der Waals surface area contributed by atoms with Gasteiger partial charge in [0.1, 0.15) is 5.75 Å². The van der Waals surface area contributed by atoms with Crippen molar-refractivity contribution in [2.24, 2.45) is 0 Å². The highest BCUT2D eigenvalue weighted by Crippen LogP contribution is 2.26. The van der Waals surface area contributed by atoms with Crippen LogP contribution < -0.4 is 0 Å². The van der Waals surface area contributed by atoms with Crippen LogP contribution in [0.25, 0.3) is 0 Å². The molecule has 0 aromatic heterocycles. The Bertz CT molecular complexity index is 371. The SMILES string of the molecule is CC(=O)c1ccc(C(=O)Cl)c(O)c1C. The number of halogens is 1. The van der Waals surface area contributed by atoms with Gasteiger partial charge in [-0.25, -0.2) is 0 Å². The second-order valence-electron chi connectivity index (χ2n) is 2.96. The lowest BCUT2D eigenvalue weighted by Crippen LogP contribution is -2.00. The fourth-order valence-electron chi connectivity index (χ4n) is 1.24. The Labute approximate surface area is 86.3 Å². The van der Waals surface area contributed by atoms with E-state index in [9.17, 15) is 14.7 Å². The van der Waals surface area contributed by atoms with Crippen LogP contribution in [0.5, 0.6) is 5.75 Å². The second kappa shape index (κ2) is 3.80. The van der Waals surface area contributed by atoms with Crippen LogP contribution in [0, 0.1) is 6.92 Å². The zero-order chi connectivity index (χ0) is 10.9. The summed E-state index contributed by atoms with van der Waals surface area (Å²) in [5, 5.41) is 8.80. The van der Waals surface area contributed by atoms with E-state index in [1.165, 1.54) is 19.1 Å². The van der Waals surface area contributed by atoms with E-state index in [1.54, 1.807) is 6.92 Å².